The summed E-state index contributed by atoms with van der Waals surface area (Å²) < 4.78 is 4.23. The molecular weight excluding hydrogens is 208 g/mol. The van der Waals surface area contributed by atoms with Crippen LogP contribution >= 0.6 is 11.5 Å². The molecule has 82 valence electrons. The van der Waals surface area contributed by atoms with Gasteiger partial charge in [0.15, 0.2) is 5.78 Å². The smallest absolute Gasteiger partial charge is 0.164 e. The Morgan fingerprint density at radius 3 is 2.73 bits per heavy atom. The molecule has 0 unspecified atom stereocenters. The van der Waals surface area contributed by atoms with Crippen molar-refractivity contribution >= 4 is 22.3 Å². The second-order valence-corrected chi connectivity index (χ2v) is 5.22. The Morgan fingerprint density at radius 2 is 2.20 bits per heavy atom. The van der Waals surface area contributed by atoms with E-state index in [1.807, 2.05) is 6.92 Å². The van der Waals surface area contributed by atoms with Crippen molar-refractivity contribution in [2.45, 2.75) is 39.7 Å². The lowest BCUT2D eigenvalue weighted by molar-refractivity contribution is 0.101. The standard InChI is InChI=1S/C11H16N2OS/c1-6-4-9(5-6)12-11-10(8(3)14)7(2)13-15-11/h6,9,12H,4-5H2,1-3H3. The summed E-state index contributed by atoms with van der Waals surface area (Å²) in [5, 5.41) is 4.37. The minimum Gasteiger partial charge on any atom is -0.372 e. The van der Waals surface area contributed by atoms with Crippen LogP contribution in [0.3, 0.4) is 0 Å². The molecule has 0 saturated heterocycles. The molecule has 3 nitrogen and oxygen atoms in total. The van der Waals surface area contributed by atoms with Gasteiger partial charge in [-0.05, 0) is 44.1 Å². The maximum atomic E-state index is 11.4. The average Bonchev–Trinajstić information content (AvgIpc) is 2.44. The summed E-state index contributed by atoms with van der Waals surface area (Å²) in [5.74, 6) is 0.924. The molecule has 0 radical (unpaired) electrons. The molecule has 1 aliphatic rings. The fourth-order valence-corrected chi connectivity index (χ4v) is 3.01. The molecule has 15 heavy (non-hydrogen) atoms. The molecule has 4 heteroatoms. The number of hydrogen-bond donors (Lipinski definition) is 1. The number of hydrogen-bond acceptors (Lipinski definition) is 4. The lowest BCUT2D eigenvalue weighted by Gasteiger charge is -2.33. The normalized spacial score (nSPS) is 24.7. The van der Waals surface area contributed by atoms with E-state index < -0.39 is 0 Å². The molecule has 1 aromatic rings. The fraction of sp³-hybridized carbons (Fsp3) is 0.636. The highest BCUT2D eigenvalue weighted by molar-refractivity contribution is 7.10. The zero-order valence-corrected chi connectivity index (χ0v) is 10.1. The van der Waals surface area contributed by atoms with Crippen molar-refractivity contribution in [3.05, 3.63) is 11.3 Å². The monoisotopic (exact) mass is 224 g/mol. The largest absolute Gasteiger partial charge is 0.372 e. The first-order valence-electron chi connectivity index (χ1n) is 5.31. The predicted octanol–water partition coefficient (Wildman–Crippen LogP) is 2.86. The van der Waals surface area contributed by atoms with Crippen LogP contribution in [0.4, 0.5) is 5.00 Å². The Hall–Kier alpha value is -0.900. The van der Waals surface area contributed by atoms with Crippen LogP contribution in [0.1, 0.15) is 42.7 Å². The van der Waals surface area contributed by atoms with Gasteiger partial charge in [-0.3, -0.25) is 4.79 Å². The van der Waals surface area contributed by atoms with Crippen molar-refractivity contribution in [1.82, 2.24) is 4.37 Å². The molecule has 0 atom stereocenters. The number of aryl methyl sites for hydroxylation is 1. The summed E-state index contributed by atoms with van der Waals surface area (Å²) in [6.07, 6.45) is 2.41. The number of carbonyl (C=O) groups is 1. The molecule has 1 aliphatic carbocycles. The third kappa shape index (κ3) is 2.04. The molecule has 0 aliphatic heterocycles. The molecule has 0 spiro atoms. The van der Waals surface area contributed by atoms with Gasteiger partial charge in [-0.1, -0.05) is 6.92 Å². The molecule has 1 fully saturated rings. The molecule has 1 saturated carbocycles. The van der Waals surface area contributed by atoms with Crippen LogP contribution in [-0.2, 0) is 0 Å². The van der Waals surface area contributed by atoms with Crippen molar-refractivity contribution in [3.63, 3.8) is 0 Å². The van der Waals surface area contributed by atoms with Crippen molar-refractivity contribution < 1.29 is 4.79 Å². The molecule has 1 heterocycles. The van der Waals surface area contributed by atoms with E-state index in [9.17, 15) is 4.79 Å². The number of anilines is 1. The second-order valence-electron chi connectivity index (χ2n) is 4.45. The molecule has 1 N–H and O–H groups in total. The van der Waals surface area contributed by atoms with E-state index in [4.69, 9.17) is 0 Å². The number of nitrogens with zero attached hydrogens (tertiary/aromatic N) is 1. The average molecular weight is 224 g/mol. The van der Waals surface area contributed by atoms with E-state index in [0.29, 0.717) is 6.04 Å². The Morgan fingerprint density at radius 1 is 1.53 bits per heavy atom. The van der Waals surface area contributed by atoms with Gasteiger partial charge in [-0.15, -0.1) is 0 Å². The lowest BCUT2D eigenvalue weighted by atomic mass is 9.82. The van der Waals surface area contributed by atoms with Crippen LogP contribution in [0.2, 0.25) is 0 Å². The quantitative estimate of drug-likeness (QED) is 0.803. The summed E-state index contributed by atoms with van der Waals surface area (Å²) in [4.78, 5) is 11.4. The van der Waals surface area contributed by atoms with Gasteiger partial charge in [0.05, 0.1) is 11.3 Å². The van der Waals surface area contributed by atoms with Crippen molar-refractivity contribution in [1.29, 1.82) is 0 Å². The summed E-state index contributed by atoms with van der Waals surface area (Å²) in [5.41, 5.74) is 1.63. The maximum Gasteiger partial charge on any atom is 0.164 e. The Labute approximate surface area is 94.1 Å². The molecule has 1 aromatic heterocycles. The van der Waals surface area contributed by atoms with Crippen LogP contribution in [0, 0.1) is 12.8 Å². The minimum absolute atomic E-state index is 0.108. The van der Waals surface area contributed by atoms with E-state index in [1.165, 1.54) is 24.4 Å². The van der Waals surface area contributed by atoms with Crippen LogP contribution in [0.5, 0.6) is 0 Å². The Kier molecular flexibility index (Phi) is 2.78. The van der Waals surface area contributed by atoms with Gasteiger partial charge in [0, 0.05) is 6.04 Å². The molecular formula is C11H16N2OS. The van der Waals surface area contributed by atoms with Crippen LogP contribution in [0.25, 0.3) is 0 Å². The number of nitrogens with one attached hydrogen (secondary N) is 1. The van der Waals surface area contributed by atoms with Crippen molar-refractivity contribution in [3.8, 4) is 0 Å². The summed E-state index contributed by atoms with van der Waals surface area (Å²) >= 11 is 1.40. The second kappa shape index (κ2) is 3.93. The minimum atomic E-state index is 0.108. The van der Waals surface area contributed by atoms with Gasteiger partial charge < -0.3 is 5.32 Å². The number of ketones is 1. The number of aromatic nitrogens is 1. The number of carbonyl (C=O) groups excluding carboxylic acids is 1. The molecule has 0 bridgehead atoms. The molecule has 2 rings (SSSR count). The van der Waals surface area contributed by atoms with Gasteiger partial charge in [0.2, 0.25) is 0 Å². The zero-order chi connectivity index (χ0) is 11.0. The number of Topliss-reactive ketones (excluding diaryl/α,β-unsaturated/α-hetero) is 1. The van der Waals surface area contributed by atoms with Gasteiger partial charge in [0.25, 0.3) is 0 Å². The highest BCUT2D eigenvalue weighted by Crippen LogP contribution is 2.33. The van der Waals surface area contributed by atoms with E-state index in [1.54, 1.807) is 6.92 Å². The van der Waals surface area contributed by atoms with Gasteiger partial charge in [0.1, 0.15) is 5.00 Å². The van der Waals surface area contributed by atoms with Gasteiger partial charge in [-0.2, -0.15) is 4.37 Å². The van der Waals surface area contributed by atoms with Crippen molar-refractivity contribution in [2.24, 2.45) is 5.92 Å². The maximum absolute atomic E-state index is 11.4. The summed E-state index contributed by atoms with van der Waals surface area (Å²) in [6, 6.07) is 0.540. The Bertz CT molecular complexity index is 380. The van der Waals surface area contributed by atoms with E-state index in [0.717, 1.165) is 22.2 Å². The lowest BCUT2D eigenvalue weighted by Crippen LogP contribution is -2.33. The third-order valence-electron chi connectivity index (χ3n) is 2.92. The van der Waals surface area contributed by atoms with Crippen LogP contribution < -0.4 is 5.32 Å². The van der Waals surface area contributed by atoms with Crippen LogP contribution in [-0.4, -0.2) is 16.2 Å². The van der Waals surface area contributed by atoms with E-state index in [2.05, 4.69) is 16.6 Å². The van der Waals surface area contributed by atoms with E-state index in [-0.39, 0.29) is 5.78 Å². The first kappa shape index (κ1) is 10.6. The zero-order valence-electron chi connectivity index (χ0n) is 9.33. The molecule has 0 amide bonds. The Balaban J connectivity index is 2.11. The fourth-order valence-electron chi connectivity index (χ4n) is 2.09. The molecule has 0 aromatic carbocycles. The SMILES string of the molecule is CC(=O)c1c(C)nsc1NC1CC(C)C1. The van der Waals surface area contributed by atoms with Crippen LogP contribution in [0.15, 0.2) is 0 Å². The highest BCUT2D eigenvalue weighted by Gasteiger charge is 2.27. The highest BCUT2D eigenvalue weighted by atomic mass is 32.1. The first-order chi connectivity index (χ1) is 7.08. The summed E-state index contributed by atoms with van der Waals surface area (Å²) in [7, 11) is 0. The van der Waals surface area contributed by atoms with Crippen molar-refractivity contribution in [2.75, 3.05) is 5.32 Å². The van der Waals surface area contributed by atoms with Gasteiger partial charge >= 0.3 is 0 Å². The third-order valence-corrected chi connectivity index (χ3v) is 3.79. The number of rotatable bonds is 3. The van der Waals surface area contributed by atoms with E-state index >= 15 is 0 Å². The topological polar surface area (TPSA) is 42.0 Å². The summed E-state index contributed by atoms with van der Waals surface area (Å²) in [6.45, 7) is 5.75. The first-order valence-corrected chi connectivity index (χ1v) is 6.09. The van der Waals surface area contributed by atoms with Gasteiger partial charge in [-0.25, -0.2) is 0 Å². The predicted molar refractivity (Wildman–Crippen MR) is 62.7 cm³/mol.